The van der Waals surface area contributed by atoms with E-state index >= 15 is 0 Å². The van der Waals surface area contributed by atoms with Gasteiger partial charge in [-0.3, -0.25) is 15.0 Å². The van der Waals surface area contributed by atoms with Crippen LogP contribution >= 0.6 is 0 Å². The lowest BCUT2D eigenvalue weighted by atomic mass is 9.81. The van der Waals surface area contributed by atoms with E-state index in [2.05, 4.69) is 15.5 Å². The van der Waals surface area contributed by atoms with Gasteiger partial charge in [0, 0.05) is 17.8 Å². The molecule has 1 saturated heterocycles. The van der Waals surface area contributed by atoms with Gasteiger partial charge in [0.2, 0.25) is 0 Å². The third-order valence-electron chi connectivity index (χ3n) is 5.87. The summed E-state index contributed by atoms with van der Waals surface area (Å²) in [6.45, 7) is 7.94. The zero-order chi connectivity index (χ0) is 25.0. The number of hydrogen-bond donors (Lipinski definition) is 2. The molecule has 0 radical (unpaired) electrons. The van der Waals surface area contributed by atoms with Crippen molar-refractivity contribution < 1.29 is 24.0 Å². The fourth-order valence-electron chi connectivity index (χ4n) is 4.33. The Balaban J connectivity index is 2.20. The van der Waals surface area contributed by atoms with Crippen LogP contribution in [0.5, 0.6) is 0 Å². The highest BCUT2D eigenvalue weighted by molar-refractivity contribution is 6.00. The second-order valence-electron chi connectivity index (χ2n) is 8.69. The van der Waals surface area contributed by atoms with Crippen LogP contribution in [0.25, 0.3) is 0 Å². The molecule has 0 bridgehead atoms. The minimum Gasteiger partial charge on any atom is -0.463 e. The molecule has 34 heavy (non-hydrogen) atoms. The average Bonchev–Trinajstić information content (AvgIpc) is 3.17. The molecule has 10 nitrogen and oxygen atoms in total. The molecule has 3 rings (SSSR count). The first-order valence-electron chi connectivity index (χ1n) is 11.4. The van der Waals surface area contributed by atoms with Gasteiger partial charge in [0.15, 0.2) is 0 Å². The van der Waals surface area contributed by atoms with Gasteiger partial charge in [-0.05, 0) is 59.7 Å². The van der Waals surface area contributed by atoms with Crippen LogP contribution in [0, 0.1) is 10.1 Å². The standard InChI is InChI=1S/C24H32N4O6/c1-6-33-23(29)21-20(16-9-7-10-17(13-16)28(31)32)19(24(30)34-14(2)3)15(4)25-22(21)26-18-11-8-12-27(18)5/h7,9-10,13-14,18,20,25-26H,6,8,11-12H2,1-5H3. The van der Waals surface area contributed by atoms with Crippen molar-refractivity contribution in [2.24, 2.45) is 0 Å². The molecule has 0 aliphatic carbocycles. The van der Waals surface area contributed by atoms with Crippen LogP contribution in [-0.4, -0.2) is 54.2 Å². The number of benzene rings is 1. The number of hydrogen-bond acceptors (Lipinski definition) is 9. The summed E-state index contributed by atoms with van der Waals surface area (Å²) < 4.78 is 10.9. The van der Waals surface area contributed by atoms with E-state index in [4.69, 9.17) is 9.47 Å². The molecule has 2 heterocycles. The Labute approximate surface area is 199 Å². The Bertz CT molecular complexity index is 1030. The number of non-ortho nitro benzene ring substituents is 1. The molecule has 0 aromatic heterocycles. The van der Waals surface area contributed by atoms with Gasteiger partial charge >= 0.3 is 11.9 Å². The molecule has 2 unspecified atom stereocenters. The molecule has 2 aliphatic rings. The predicted octanol–water partition coefficient (Wildman–Crippen LogP) is 2.92. The number of nitrogens with one attached hydrogen (secondary N) is 2. The highest BCUT2D eigenvalue weighted by Crippen LogP contribution is 2.40. The number of carbonyl (C=O) groups excluding carboxylic acids is 2. The van der Waals surface area contributed by atoms with E-state index in [1.54, 1.807) is 33.8 Å². The van der Waals surface area contributed by atoms with Gasteiger partial charge in [-0.15, -0.1) is 0 Å². The molecule has 184 valence electrons. The number of nitrogens with zero attached hydrogens (tertiary/aromatic N) is 2. The molecular weight excluding hydrogens is 440 g/mol. The molecule has 1 aromatic carbocycles. The van der Waals surface area contributed by atoms with E-state index in [0.717, 1.165) is 19.4 Å². The number of allylic oxidation sites excluding steroid dienone is 1. The van der Waals surface area contributed by atoms with E-state index in [9.17, 15) is 19.7 Å². The van der Waals surface area contributed by atoms with E-state index < -0.39 is 22.8 Å². The van der Waals surface area contributed by atoms with Crippen LogP contribution in [0.2, 0.25) is 0 Å². The average molecular weight is 473 g/mol. The highest BCUT2D eigenvalue weighted by Gasteiger charge is 2.40. The van der Waals surface area contributed by atoms with Gasteiger partial charge < -0.3 is 20.1 Å². The molecule has 10 heteroatoms. The molecular formula is C24H32N4O6. The smallest absolute Gasteiger partial charge is 0.338 e. The lowest BCUT2D eigenvalue weighted by Gasteiger charge is -2.34. The van der Waals surface area contributed by atoms with Crippen molar-refractivity contribution in [2.75, 3.05) is 20.2 Å². The molecule has 0 spiro atoms. The van der Waals surface area contributed by atoms with Crippen LogP contribution in [0.3, 0.4) is 0 Å². The second-order valence-corrected chi connectivity index (χ2v) is 8.69. The maximum atomic E-state index is 13.3. The maximum absolute atomic E-state index is 13.3. The number of rotatable bonds is 8. The SMILES string of the molecule is CCOC(=O)C1=C(NC2CCCN2C)NC(C)=C(C(=O)OC(C)C)C1c1cccc([N+](=O)[O-])c1. The van der Waals surface area contributed by atoms with Crippen LogP contribution in [-0.2, 0) is 19.1 Å². The quantitative estimate of drug-likeness (QED) is 0.334. The van der Waals surface area contributed by atoms with E-state index in [1.165, 1.54) is 18.2 Å². The van der Waals surface area contributed by atoms with Gasteiger partial charge in [0.25, 0.3) is 5.69 Å². The van der Waals surface area contributed by atoms with Gasteiger partial charge in [-0.2, -0.15) is 0 Å². The molecule has 1 aromatic rings. The van der Waals surface area contributed by atoms with Crippen molar-refractivity contribution in [2.45, 2.75) is 58.7 Å². The number of nitro groups is 1. The number of dihydropyridines is 1. The molecule has 1 fully saturated rings. The van der Waals surface area contributed by atoms with Crippen molar-refractivity contribution in [3.63, 3.8) is 0 Å². The summed E-state index contributed by atoms with van der Waals surface area (Å²) in [5.74, 6) is -1.71. The monoisotopic (exact) mass is 472 g/mol. The van der Waals surface area contributed by atoms with Gasteiger partial charge in [0.1, 0.15) is 5.82 Å². The highest BCUT2D eigenvalue weighted by atomic mass is 16.6. The first-order chi connectivity index (χ1) is 16.1. The van der Waals surface area contributed by atoms with Crippen molar-refractivity contribution in [3.05, 3.63) is 62.6 Å². The van der Waals surface area contributed by atoms with Crippen molar-refractivity contribution in [1.82, 2.24) is 15.5 Å². The topological polar surface area (TPSA) is 123 Å². The zero-order valence-corrected chi connectivity index (χ0v) is 20.2. The van der Waals surface area contributed by atoms with E-state index in [-0.39, 0.29) is 35.7 Å². The second kappa shape index (κ2) is 10.7. The zero-order valence-electron chi connectivity index (χ0n) is 20.2. The molecule has 2 aliphatic heterocycles. The van der Waals surface area contributed by atoms with Crippen LogP contribution in [0.15, 0.2) is 46.9 Å². The normalized spacial score (nSPS) is 20.9. The molecule has 2 atom stereocenters. The number of ether oxygens (including phenoxy) is 2. The lowest BCUT2D eigenvalue weighted by Crippen LogP contribution is -2.45. The van der Waals surface area contributed by atoms with Crippen LogP contribution < -0.4 is 10.6 Å². The largest absolute Gasteiger partial charge is 0.463 e. The first kappa shape index (κ1) is 25.2. The van der Waals surface area contributed by atoms with Gasteiger partial charge in [0.05, 0.1) is 40.9 Å². The van der Waals surface area contributed by atoms with Crippen molar-refractivity contribution >= 4 is 17.6 Å². The van der Waals surface area contributed by atoms with E-state index in [0.29, 0.717) is 17.1 Å². The van der Waals surface area contributed by atoms with Crippen LogP contribution in [0.4, 0.5) is 5.69 Å². The third-order valence-corrected chi connectivity index (χ3v) is 5.87. The number of likely N-dealkylation sites (tertiary alicyclic amines) is 1. The maximum Gasteiger partial charge on any atom is 0.338 e. The Kier molecular flexibility index (Phi) is 7.93. The summed E-state index contributed by atoms with van der Waals surface area (Å²) in [4.78, 5) is 39.6. The minimum absolute atomic E-state index is 0.0188. The summed E-state index contributed by atoms with van der Waals surface area (Å²) >= 11 is 0. The van der Waals surface area contributed by atoms with Crippen molar-refractivity contribution in [3.8, 4) is 0 Å². The summed E-state index contributed by atoms with van der Waals surface area (Å²) in [6, 6.07) is 5.95. The molecule has 0 saturated carbocycles. The van der Waals surface area contributed by atoms with Crippen LogP contribution in [0.1, 0.15) is 52.0 Å². The Hall–Kier alpha value is -3.40. The summed E-state index contributed by atoms with van der Waals surface area (Å²) in [6.07, 6.45) is 1.48. The molecule has 0 amide bonds. The molecule has 2 N–H and O–H groups in total. The Morgan fingerprint density at radius 1 is 1.29 bits per heavy atom. The summed E-state index contributed by atoms with van der Waals surface area (Å²) in [7, 11) is 1.99. The number of esters is 2. The minimum atomic E-state index is -0.916. The summed E-state index contributed by atoms with van der Waals surface area (Å²) in [5.41, 5.74) is 1.18. The third kappa shape index (κ3) is 5.39. The first-order valence-corrected chi connectivity index (χ1v) is 11.4. The van der Waals surface area contributed by atoms with Gasteiger partial charge in [-0.25, -0.2) is 9.59 Å². The number of carbonyl (C=O) groups is 2. The van der Waals surface area contributed by atoms with Gasteiger partial charge in [-0.1, -0.05) is 12.1 Å². The fourth-order valence-corrected chi connectivity index (χ4v) is 4.33. The van der Waals surface area contributed by atoms with Crippen molar-refractivity contribution in [1.29, 1.82) is 0 Å². The Morgan fingerprint density at radius 2 is 2.03 bits per heavy atom. The van der Waals surface area contributed by atoms with E-state index in [1.807, 2.05) is 7.05 Å². The predicted molar refractivity (Wildman–Crippen MR) is 125 cm³/mol. The lowest BCUT2D eigenvalue weighted by molar-refractivity contribution is -0.384. The fraction of sp³-hybridized carbons (Fsp3) is 0.500. The summed E-state index contributed by atoms with van der Waals surface area (Å²) in [5, 5.41) is 18.1. The Morgan fingerprint density at radius 3 is 2.62 bits per heavy atom. The number of nitro benzene ring substituents is 1.